The Labute approximate surface area is 101 Å². The Bertz CT molecular complexity index is 482. The molecule has 2 N–H and O–H groups in total. The van der Waals surface area contributed by atoms with Crippen molar-refractivity contribution in [2.24, 2.45) is 0 Å². The number of phenolic OH excluding ortho intramolecular Hbond substituents is 2. The summed E-state index contributed by atoms with van der Waals surface area (Å²) in [6.45, 7) is 2.20. The van der Waals surface area contributed by atoms with Crippen LogP contribution in [0, 0.1) is 0 Å². The number of hydrogen-bond donors (Lipinski definition) is 2. The van der Waals surface area contributed by atoms with Gasteiger partial charge in [0, 0.05) is 19.9 Å². The standard InChI is InChI=1S/C10H9ClO6/c1-4(12)16-7-3-6(14)8(11)10(9(7)15)17-5(2)13/h3,14-15H,1-2H3. The molecular weight excluding hydrogens is 252 g/mol. The van der Waals surface area contributed by atoms with Gasteiger partial charge >= 0.3 is 11.9 Å². The van der Waals surface area contributed by atoms with Gasteiger partial charge in [-0.25, -0.2) is 0 Å². The summed E-state index contributed by atoms with van der Waals surface area (Å²) in [6, 6.07) is 0.937. The molecule has 0 aliphatic rings. The lowest BCUT2D eigenvalue weighted by Gasteiger charge is -2.11. The Morgan fingerprint density at radius 3 is 2.18 bits per heavy atom. The van der Waals surface area contributed by atoms with Crippen LogP contribution in [0.2, 0.25) is 5.02 Å². The van der Waals surface area contributed by atoms with Gasteiger partial charge in [-0.3, -0.25) is 9.59 Å². The van der Waals surface area contributed by atoms with E-state index in [2.05, 4.69) is 9.47 Å². The Hall–Kier alpha value is -1.95. The number of halogens is 1. The molecule has 6 nitrogen and oxygen atoms in total. The normalized spacial score (nSPS) is 9.82. The number of hydrogen-bond acceptors (Lipinski definition) is 6. The second-order valence-electron chi connectivity index (χ2n) is 3.07. The molecule has 0 amide bonds. The lowest BCUT2D eigenvalue weighted by molar-refractivity contribution is -0.132. The molecule has 0 saturated carbocycles. The van der Waals surface area contributed by atoms with Crippen molar-refractivity contribution in [2.45, 2.75) is 13.8 Å². The van der Waals surface area contributed by atoms with E-state index in [0.29, 0.717) is 0 Å². The van der Waals surface area contributed by atoms with Crippen LogP contribution in [-0.2, 0) is 9.59 Å². The first-order valence-electron chi connectivity index (χ1n) is 4.44. The number of ether oxygens (including phenoxy) is 2. The number of carbonyl (C=O) groups is 2. The van der Waals surface area contributed by atoms with Gasteiger partial charge in [0.2, 0.25) is 5.75 Å². The molecule has 0 unspecified atom stereocenters. The van der Waals surface area contributed by atoms with Gasteiger partial charge in [0.25, 0.3) is 0 Å². The molecule has 0 atom stereocenters. The number of aromatic hydroxyl groups is 2. The highest BCUT2D eigenvalue weighted by molar-refractivity contribution is 6.34. The quantitative estimate of drug-likeness (QED) is 0.477. The smallest absolute Gasteiger partial charge is 0.308 e. The van der Waals surface area contributed by atoms with Gasteiger partial charge in [0.1, 0.15) is 10.8 Å². The number of esters is 2. The van der Waals surface area contributed by atoms with E-state index in [4.69, 9.17) is 11.6 Å². The van der Waals surface area contributed by atoms with Crippen molar-refractivity contribution in [2.75, 3.05) is 0 Å². The van der Waals surface area contributed by atoms with Crippen LogP contribution in [0.4, 0.5) is 0 Å². The Kier molecular flexibility index (Phi) is 3.80. The molecule has 0 saturated heterocycles. The van der Waals surface area contributed by atoms with E-state index in [1.54, 1.807) is 0 Å². The first-order valence-corrected chi connectivity index (χ1v) is 4.82. The molecule has 1 aromatic rings. The average Bonchev–Trinajstić information content (AvgIpc) is 2.20. The summed E-state index contributed by atoms with van der Waals surface area (Å²) in [5, 5.41) is 18.7. The third-order valence-electron chi connectivity index (χ3n) is 1.64. The Morgan fingerprint density at radius 1 is 1.18 bits per heavy atom. The molecule has 0 bridgehead atoms. The molecule has 1 aromatic carbocycles. The zero-order valence-electron chi connectivity index (χ0n) is 8.98. The van der Waals surface area contributed by atoms with E-state index < -0.39 is 29.2 Å². The largest absolute Gasteiger partial charge is 0.506 e. The number of carbonyl (C=O) groups excluding carboxylic acids is 2. The average molecular weight is 261 g/mol. The summed E-state index contributed by atoms with van der Waals surface area (Å²) in [6.07, 6.45) is 0. The van der Waals surface area contributed by atoms with Crippen LogP contribution in [0.5, 0.6) is 23.0 Å². The third-order valence-corrected chi connectivity index (χ3v) is 2.01. The zero-order chi connectivity index (χ0) is 13.2. The molecule has 0 spiro atoms. The molecule has 1 rings (SSSR count). The molecule has 92 valence electrons. The summed E-state index contributed by atoms with van der Waals surface area (Å²) < 4.78 is 9.21. The minimum atomic E-state index is -0.749. The first kappa shape index (κ1) is 13.1. The van der Waals surface area contributed by atoms with Gasteiger partial charge in [-0.2, -0.15) is 0 Å². The maximum atomic E-state index is 10.8. The van der Waals surface area contributed by atoms with Gasteiger partial charge in [0.15, 0.2) is 11.5 Å². The minimum absolute atomic E-state index is 0.351. The van der Waals surface area contributed by atoms with Crippen molar-refractivity contribution in [3.63, 3.8) is 0 Å². The molecular formula is C10H9ClO6. The highest BCUT2D eigenvalue weighted by Gasteiger charge is 2.21. The van der Waals surface area contributed by atoms with Crippen molar-refractivity contribution < 1.29 is 29.3 Å². The fraction of sp³-hybridized carbons (Fsp3) is 0.200. The third kappa shape index (κ3) is 3.01. The van der Waals surface area contributed by atoms with Crippen molar-refractivity contribution in [1.82, 2.24) is 0 Å². The summed E-state index contributed by atoms with van der Waals surface area (Å²) in [5.74, 6) is -3.40. The highest BCUT2D eigenvalue weighted by Crippen LogP contribution is 2.47. The van der Waals surface area contributed by atoms with E-state index in [1.807, 2.05) is 0 Å². The lowest BCUT2D eigenvalue weighted by atomic mass is 10.2. The van der Waals surface area contributed by atoms with Crippen LogP contribution in [0.1, 0.15) is 13.8 Å². The first-order chi connectivity index (χ1) is 7.82. The SMILES string of the molecule is CC(=O)Oc1cc(O)c(Cl)c(OC(C)=O)c1O. The zero-order valence-corrected chi connectivity index (χ0v) is 9.74. The molecule has 0 radical (unpaired) electrons. The van der Waals surface area contributed by atoms with Gasteiger partial charge in [-0.15, -0.1) is 0 Å². The molecule has 0 aromatic heterocycles. The van der Waals surface area contributed by atoms with Crippen LogP contribution in [0.15, 0.2) is 6.07 Å². The van der Waals surface area contributed by atoms with Crippen LogP contribution in [-0.4, -0.2) is 22.2 Å². The second kappa shape index (κ2) is 4.92. The van der Waals surface area contributed by atoms with Crippen molar-refractivity contribution in [3.05, 3.63) is 11.1 Å². The number of benzene rings is 1. The highest BCUT2D eigenvalue weighted by atomic mass is 35.5. The van der Waals surface area contributed by atoms with Gasteiger partial charge in [-0.05, 0) is 0 Å². The van der Waals surface area contributed by atoms with Crippen molar-refractivity contribution in [3.8, 4) is 23.0 Å². The topological polar surface area (TPSA) is 93.1 Å². The van der Waals surface area contributed by atoms with E-state index in [9.17, 15) is 19.8 Å². The summed E-state index contributed by atoms with van der Waals surface area (Å²) in [7, 11) is 0. The number of rotatable bonds is 2. The van der Waals surface area contributed by atoms with E-state index >= 15 is 0 Å². The van der Waals surface area contributed by atoms with Gasteiger partial charge < -0.3 is 19.7 Å². The lowest BCUT2D eigenvalue weighted by Crippen LogP contribution is -2.05. The Balaban J connectivity index is 3.31. The molecule has 0 aliphatic carbocycles. The molecule has 0 fully saturated rings. The molecule has 17 heavy (non-hydrogen) atoms. The predicted octanol–water partition coefficient (Wildman–Crippen LogP) is 1.60. The predicted molar refractivity (Wildman–Crippen MR) is 57.4 cm³/mol. The monoisotopic (exact) mass is 260 g/mol. The Morgan fingerprint density at radius 2 is 1.71 bits per heavy atom. The van der Waals surface area contributed by atoms with E-state index in [0.717, 1.165) is 19.9 Å². The summed E-state index contributed by atoms with van der Waals surface area (Å²) in [4.78, 5) is 21.5. The van der Waals surface area contributed by atoms with E-state index in [1.165, 1.54) is 0 Å². The molecule has 7 heteroatoms. The fourth-order valence-corrected chi connectivity index (χ4v) is 1.24. The van der Waals surface area contributed by atoms with E-state index in [-0.39, 0.29) is 10.8 Å². The maximum Gasteiger partial charge on any atom is 0.308 e. The number of phenols is 2. The van der Waals surface area contributed by atoms with Gasteiger partial charge in [-0.1, -0.05) is 11.6 Å². The van der Waals surface area contributed by atoms with Crippen LogP contribution < -0.4 is 9.47 Å². The second-order valence-corrected chi connectivity index (χ2v) is 3.45. The van der Waals surface area contributed by atoms with Crippen LogP contribution >= 0.6 is 11.6 Å². The minimum Gasteiger partial charge on any atom is -0.506 e. The summed E-state index contributed by atoms with van der Waals surface area (Å²) >= 11 is 5.62. The van der Waals surface area contributed by atoms with Crippen LogP contribution in [0.3, 0.4) is 0 Å². The van der Waals surface area contributed by atoms with Crippen molar-refractivity contribution in [1.29, 1.82) is 0 Å². The fourth-order valence-electron chi connectivity index (χ4n) is 1.06. The van der Waals surface area contributed by atoms with Crippen LogP contribution in [0.25, 0.3) is 0 Å². The van der Waals surface area contributed by atoms with Crippen molar-refractivity contribution >= 4 is 23.5 Å². The van der Waals surface area contributed by atoms with Gasteiger partial charge in [0.05, 0.1) is 0 Å². The maximum absolute atomic E-state index is 10.8. The summed E-state index contributed by atoms with van der Waals surface area (Å²) in [5.41, 5.74) is 0. The molecule has 0 aliphatic heterocycles. The molecule has 0 heterocycles.